The molecule has 0 amide bonds. The zero-order valence-corrected chi connectivity index (χ0v) is 47.5. The van der Waals surface area contributed by atoms with Crippen LogP contribution in [0.5, 0.6) is 0 Å². The van der Waals surface area contributed by atoms with E-state index in [2.05, 4.69) is 74.6 Å². The van der Waals surface area contributed by atoms with Crippen molar-refractivity contribution in [2.75, 3.05) is 47.5 Å². The number of carboxylic acids is 1. The molecule has 2 unspecified atom stereocenters. The van der Waals surface area contributed by atoms with Gasteiger partial charge in [-0.15, -0.1) is 0 Å². The highest BCUT2D eigenvalue weighted by Gasteiger charge is 2.22. The summed E-state index contributed by atoms with van der Waals surface area (Å²) >= 11 is 0. The largest absolute Gasteiger partial charge is 0.545 e. The summed E-state index contributed by atoms with van der Waals surface area (Å²) < 4.78 is 22.7. The first-order valence-corrected chi connectivity index (χ1v) is 29.9. The van der Waals surface area contributed by atoms with Crippen LogP contribution >= 0.6 is 0 Å². The van der Waals surface area contributed by atoms with Crippen molar-refractivity contribution in [1.82, 2.24) is 0 Å². The van der Waals surface area contributed by atoms with E-state index in [1.807, 2.05) is 21.1 Å². The molecular formula is C63H113NO8. The summed E-state index contributed by atoms with van der Waals surface area (Å²) in [4.78, 5) is 37.3. The van der Waals surface area contributed by atoms with Crippen molar-refractivity contribution in [2.24, 2.45) is 0 Å². The topological polar surface area (TPSA) is 111 Å². The number of ether oxygens (including phenoxy) is 4. The number of rotatable bonds is 55. The van der Waals surface area contributed by atoms with E-state index in [4.69, 9.17) is 18.9 Å². The summed E-state index contributed by atoms with van der Waals surface area (Å²) in [5, 5.41) is 11.8. The Balaban J connectivity index is 4.23. The van der Waals surface area contributed by atoms with E-state index in [0.29, 0.717) is 23.9 Å². The summed E-state index contributed by atoms with van der Waals surface area (Å²) in [5.41, 5.74) is 0. The van der Waals surface area contributed by atoms with Crippen LogP contribution < -0.4 is 5.11 Å². The number of carbonyl (C=O) groups is 3. The molecule has 0 radical (unpaired) electrons. The van der Waals surface area contributed by atoms with Gasteiger partial charge in [0.25, 0.3) is 0 Å². The standard InChI is InChI=1S/C63H113NO8/c1-6-8-10-12-14-16-18-20-22-24-26-28-30-32-33-35-37-39-41-43-45-47-49-51-53-60(65)70-57-59(58-71-63(62(67)68)69-56-55-64(3,4)5)72-61(66)54-52-50-48-46-44-42-40-38-36-34-31-29-27-25-23-21-19-17-15-13-11-9-7-2/h9,11,15,17,21,23,27,29,34,36,59,63H,6-8,10,12-14,16,18-20,22,24-26,28,30-33,35,37-58H2,1-5H3/b11-9-,17-15-,23-21-,29-27-,36-34-. The zero-order valence-electron chi connectivity index (χ0n) is 47.5. The summed E-state index contributed by atoms with van der Waals surface area (Å²) in [7, 11) is 5.92. The Hall–Kier alpha value is -3.01. The second-order valence-corrected chi connectivity index (χ2v) is 21.3. The van der Waals surface area contributed by atoms with E-state index in [1.54, 1.807) is 0 Å². The van der Waals surface area contributed by atoms with Crippen molar-refractivity contribution in [1.29, 1.82) is 0 Å². The van der Waals surface area contributed by atoms with Crippen LogP contribution in [0.4, 0.5) is 0 Å². The third-order valence-electron chi connectivity index (χ3n) is 13.0. The van der Waals surface area contributed by atoms with Crippen LogP contribution in [0.15, 0.2) is 60.8 Å². The minimum atomic E-state index is -1.63. The lowest BCUT2D eigenvalue weighted by molar-refractivity contribution is -0.870. The molecule has 0 spiro atoms. The molecule has 0 saturated heterocycles. The van der Waals surface area contributed by atoms with E-state index >= 15 is 0 Å². The van der Waals surface area contributed by atoms with Crippen LogP contribution in [-0.2, 0) is 33.3 Å². The van der Waals surface area contributed by atoms with Gasteiger partial charge in [0.2, 0.25) is 0 Å². The summed E-state index contributed by atoms with van der Waals surface area (Å²) in [6.45, 7) is 4.65. The maximum absolute atomic E-state index is 12.9. The first-order chi connectivity index (χ1) is 35.1. The molecule has 0 heterocycles. The lowest BCUT2D eigenvalue weighted by Crippen LogP contribution is -2.44. The predicted molar refractivity (Wildman–Crippen MR) is 302 cm³/mol. The maximum atomic E-state index is 12.9. The maximum Gasteiger partial charge on any atom is 0.306 e. The van der Waals surface area contributed by atoms with Crippen molar-refractivity contribution >= 4 is 17.9 Å². The molecule has 0 rings (SSSR count). The third kappa shape index (κ3) is 54.8. The van der Waals surface area contributed by atoms with Gasteiger partial charge in [-0.2, -0.15) is 0 Å². The Kier molecular flexibility index (Phi) is 52.0. The molecule has 0 saturated carbocycles. The van der Waals surface area contributed by atoms with Gasteiger partial charge in [0.15, 0.2) is 12.4 Å². The van der Waals surface area contributed by atoms with Crippen LogP contribution in [0.1, 0.15) is 264 Å². The first kappa shape index (κ1) is 69.0. The number of nitrogens with zero attached hydrogens (tertiary/aromatic N) is 1. The molecule has 0 N–H and O–H groups in total. The van der Waals surface area contributed by atoms with Gasteiger partial charge in [-0.05, 0) is 57.8 Å². The molecule has 9 heteroatoms. The number of allylic oxidation sites excluding steroid dienone is 10. The number of unbranched alkanes of at least 4 members (excludes halogenated alkanes) is 30. The Bertz CT molecular complexity index is 1360. The number of aliphatic carboxylic acids is 1. The molecule has 0 aliphatic carbocycles. The second kappa shape index (κ2) is 54.3. The molecule has 9 nitrogen and oxygen atoms in total. The van der Waals surface area contributed by atoms with Gasteiger partial charge < -0.3 is 33.3 Å². The minimum absolute atomic E-state index is 0.144. The summed E-state index contributed by atoms with van der Waals surface area (Å²) in [6.07, 6.45) is 65.6. The molecule has 0 aliphatic rings. The van der Waals surface area contributed by atoms with Crippen molar-refractivity contribution in [2.45, 2.75) is 277 Å². The Morgan fingerprint density at radius 3 is 1.18 bits per heavy atom. The van der Waals surface area contributed by atoms with Crippen LogP contribution in [0.25, 0.3) is 0 Å². The smallest absolute Gasteiger partial charge is 0.306 e. The van der Waals surface area contributed by atoms with Crippen molar-refractivity contribution in [3.05, 3.63) is 60.8 Å². The highest BCUT2D eigenvalue weighted by atomic mass is 16.7. The third-order valence-corrected chi connectivity index (χ3v) is 13.0. The quantitative estimate of drug-likeness (QED) is 0.0195. The molecule has 0 aromatic rings. The fraction of sp³-hybridized carbons (Fsp3) is 0.794. The molecule has 418 valence electrons. The number of carbonyl (C=O) groups excluding carboxylic acids is 3. The van der Waals surface area contributed by atoms with Gasteiger partial charge in [0, 0.05) is 12.8 Å². The van der Waals surface area contributed by atoms with Gasteiger partial charge in [-0.1, -0.05) is 254 Å². The van der Waals surface area contributed by atoms with E-state index in [0.717, 1.165) is 77.0 Å². The molecule has 0 aromatic carbocycles. The molecule has 0 bridgehead atoms. The van der Waals surface area contributed by atoms with Gasteiger partial charge in [0.1, 0.15) is 13.2 Å². The fourth-order valence-corrected chi connectivity index (χ4v) is 8.45. The highest BCUT2D eigenvalue weighted by Crippen LogP contribution is 2.17. The van der Waals surface area contributed by atoms with Crippen LogP contribution in [0.2, 0.25) is 0 Å². The van der Waals surface area contributed by atoms with E-state index in [9.17, 15) is 19.5 Å². The lowest BCUT2D eigenvalue weighted by atomic mass is 10.0. The van der Waals surface area contributed by atoms with Gasteiger partial charge in [-0.3, -0.25) is 9.59 Å². The Morgan fingerprint density at radius 1 is 0.431 bits per heavy atom. The van der Waals surface area contributed by atoms with Crippen molar-refractivity contribution in [3.8, 4) is 0 Å². The summed E-state index contributed by atoms with van der Waals surface area (Å²) in [5.74, 6) is -2.29. The van der Waals surface area contributed by atoms with Gasteiger partial charge in [0.05, 0.1) is 40.3 Å². The number of quaternary nitrogens is 1. The van der Waals surface area contributed by atoms with Gasteiger partial charge >= 0.3 is 11.9 Å². The SMILES string of the molecule is CC/C=C\C/C=C\C/C=C\C/C=C\C/C=C\CCCCCCCCCC(=O)OC(COC(=O)CCCCCCCCCCCCCCCCCCCCCCCCCC)COC(OCC[N+](C)(C)C)C(=O)[O-]. The zero-order chi connectivity index (χ0) is 52.7. The Labute approximate surface area is 444 Å². The number of carboxylic acid groups (broad SMARTS) is 1. The van der Waals surface area contributed by atoms with Crippen molar-refractivity contribution in [3.63, 3.8) is 0 Å². The minimum Gasteiger partial charge on any atom is -0.545 e. The van der Waals surface area contributed by atoms with E-state index in [-0.39, 0.29) is 32.2 Å². The van der Waals surface area contributed by atoms with E-state index in [1.165, 1.54) is 154 Å². The molecule has 0 aliphatic heterocycles. The summed E-state index contributed by atoms with van der Waals surface area (Å²) in [6, 6.07) is 0. The first-order valence-electron chi connectivity index (χ1n) is 29.9. The Morgan fingerprint density at radius 2 is 0.792 bits per heavy atom. The fourth-order valence-electron chi connectivity index (χ4n) is 8.45. The number of hydrogen-bond donors (Lipinski definition) is 0. The van der Waals surface area contributed by atoms with Crippen molar-refractivity contribution < 1.29 is 42.9 Å². The number of hydrogen-bond acceptors (Lipinski definition) is 8. The van der Waals surface area contributed by atoms with Crippen LogP contribution in [0.3, 0.4) is 0 Å². The normalized spacial score (nSPS) is 13.2. The molecule has 2 atom stereocenters. The van der Waals surface area contributed by atoms with Gasteiger partial charge in [-0.25, -0.2) is 0 Å². The predicted octanol–water partition coefficient (Wildman–Crippen LogP) is 16.3. The monoisotopic (exact) mass is 1010 g/mol. The van der Waals surface area contributed by atoms with Crippen LogP contribution in [0, 0.1) is 0 Å². The van der Waals surface area contributed by atoms with Crippen LogP contribution in [-0.4, -0.2) is 82.3 Å². The average molecular weight is 1010 g/mol. The average Bonchev–Trinajstić information content (AvgIpc) is 3.35. The molecule has 0 aromatic heterocycles. The highest BCUT2D eigenvalue weighted by molar-refractivity contribution is 5.70. The number of esters is 2. The number of likely N-dealkylation sites (N-methyl/N-ethyl adjacent to an activating group) is 1. The van der Waals surface area contributed by atoms with E-state index < -0.39 is 24.3 Å². The molecule has 0 fully saturated rings. The lowest BCUT2D eigenvalue weighted by Gasteiger charge is -2.26. The second-order valence-electron chi connectivity index (χ2n) is 21.3. The molecule has 72 heavy (non-hydrogen) atoms. The molecular weight excluding hydrogens is 899 g/mol.